The highest BCUT2D eigenvalue weighted by atomic mass is 19.4. The fraction of sp³-hybridized carbons (Fsp3) is 0.286. The Morgan fingerprint density at radius 3 is 2.21 bits per heavy atom. The summed E-state index contributed by atoms with van der Waals surface area (Å²) in [5, 5.41) is 7.12. The first-order valence-electron chi connectivity index (χ1n) is 3.58. The lowest BCUT2D eigenvalue weighted by atomic mass is 9.73. The van der Waals surface area contributed by atoms with Gasteiger partial charge in [0, 0.05) is 6.54 Å². The minimum atomic E-state index is -5.08. The Morgan fingerprint density at radius 2 is 2.07 bits per heavy atom. The maximum Gasteiger partial charge on any atom is 0.490 e. The average molecular weight is 206 g/mol. The van der Waals surface area contributed by atoms with E-state index < -0.39 is 12.1 Å². The monoisotopic (exact) mass is 206 g/mol. The highest BCUT2D eigenvalue weighted by Crippen LogP contribution is 2.13. The van der Waals surface area contributed by atoms with E-state index in [1.54, 1.807) is 0 Å². The third-order valence-electron chi connectivity index (χ3n) is 1.21. The molecular formula is C7H8BF3NO2. The summed E-state index contributed by atoms with van der Waals surface area (Å²) in [7, 11) is 2.01. The van der Waals surface area contributed by atoms with Crippen LogP contribution in [-0.2, 0) is 4.79 Å². The second-order valence-electron chi connectivity index (χ2n) is 2.30. The summed E-state index contributed by atoms with van der Waals surface area (Å²) >= 11 is 0. The van der Waals surface area contributed by atoms with Crippen LogP contribution in [0.1, 0.15) is 0 Å². The first-order valence-corrected chi connectivity index (χ1v) is 3.58. The summed E-state index contributed by atoms with van der Waals surface area (Å²) in [6.45, 7) is 0.660. The molecule has 7 heteroatoms. The van der Waals surface area contributed by atoms with Crippen molar-refractivity contribution in [2.24, 2.45) is 5.73 Å². The molecule has 0 fully saturated rings. The van der Waals surface area contributed by atoms with Crippen molar-refractivity contribution in [2.45, 2.75) is 6.18 Å². The van der Waals surface area contributed by atoms with Crippen molar-refractivity contribution in [1.82, 2.24) is 0 Å². The number of hydrogen-bond donors (Lipinski definition) is 2. The number of alkyl halides is 3. The molecule has 77 valence electrons. The lowest BCUT2D eigenvalue weighted by Crippen LogP contribution is -2.21. The number of carboxylic acids is 1. The molecule has 0 spiro atoms. The van der Waals surface area contributed by atoms with E-state index in [-0.39, 0.29) is 0 Å². The van der Waals surface area contributed by atoms with Gasteiger partial charge in [0.25, 0.3) is 0 Å². The predicted molar refractivity (Wildman–Crippen MR) is 45.7 cm³/mol. The van der Waals surface area contributed by atoms with Gasteiger partial charge in [0.15, 0.2) is 7.28 Å². The number of rotatable bonds is 1. The Hall–Kier alpha value is -1.24. The topological polar surface area (TPSA) is 63.3 Å². The molecule has 0 atom stereocenters. The van der Waals surface area contributed by atoms with Crippen molar-refractivity contribution in [3.05, 3.63) is 23.6 Å². The normalized spacial score (nSPS) is 13.9. The second kappa shape index (κ2) is 5.49. The molecule has 0 aromatic carbocycles. The smallest absolute Gasteiger partial charge is 0.475 e. The van der Waals surface area contributed by atoms with Gasteiger partial charge in [0.1, 0.15) is 0 Å². The van der Waals surface area contributed by atoms with Crippen molar-refractivity contribution in [3.63, 3.8) is 0 Å². The van der Waals surface area contributed by atoms with E-state index >= 15 is 0 Å². The zero-order chi connectivity index (χ0) is 11.2. The Kier molecular flexibility index (Phi) is 5.00. The van der Waals surface area contributed by atoms with Crippen LogP contribution in [0.2, 0.25) is 0 Å². The number of carboxylic acid groups (broad SMARTS) is 1. The van der Waals surface area contributed by atoms with Gasteiger partial charge < -0.3 is 10.8 Å². The number of carbonyl (C=O) groups is 1. The van der Waals surface area contributed by atoms with Gasteiger partial charge in [0.2, 0.25) is 0 Å². The number of allylic oxidation sites excluding steroid dienone is 2. The molecule has 14 heavy (non-hydrogen) atoms. The van der Waals surface area contributed by atoms with Crippen molar-refractivity contribution in [3.8, 4) is 0 Å². The van der Waals surface area contributed by atoms with E-state index in [1.165, 1.54) is 5.47 Å². The van der Waals surface area contributed by atoms with Gasteiger partial charge in [-0.2, -0.15) is 13.2 Å². The number of aliphatic carboxylic acids is 1. The van der Waals surface area contributed by atoms with Gasteiger partial charge >= 0.3 is 12.1 Å². The zero-order valence-corrected chi connectivity index (χ0v) is 7.08. The van der Waals surface area contributed by atoms with Crippen LogP contribution in [0.25, 0.3) is 0 Å². The summed E-state index contributed by atoms with van der Waals surface area (Å²) in [6, 6.07) is 0. The van der Waals surface area contributed by atoms with E-state index in [0.717, 1.165) is 0 Å². The van der Waals surface area contributed by atoms with Crippen LogP contribution in [0.15, 0.2) is 23.6 Å². The Morgan fingerprint density at radius 1 is 1.57 bits per heavy atom. The molecule has 0 saturated heterocycles. The number of hydrogen-bond acceptors (Lipinski definition) is 2. The summed E-state index contributed by atoms with van der Waals surface area (Å²) in [5.41, 5.74) is 6.50. The molecule has 0 unspecified atom stereocenters. The first kappa shape index (κ1) is 12.8. The lowest BCUT2D eigenvalue weighted by Gasteiger charge is -1.93. The summed E-state index contributed by atoms with van der Waals surface area (Å²) in [6.07, 6.45) is -1.08. The first-order chi connectivity index (χ1) is 6.38. The van der Waals surface area contributed by atoms with E-state index in [4.69, 9.17) is 15.6 Å². The molecule has 3 N–H and O–H groups in total. The standard InChI is InChI=1S/C5H7BN.C2HF3O2/c7-4-5-2-1-3-6-5;3-2(4,5)1(6)7/h1-3H,4,7H2;(H,6,7). The Balaban J connectivity index is 0.000000241. The highest BCUT2D eigenvalue weighted by Gasteiger charge is 2.38. The van der Waals surface area contributed by atoms with Gasteiger partial charge in [-0.25, -0.2) is 4.79 Å². The molecule has 0 aromatic rings. The largest absolute Gasteiger partial charge is 0.490 e. The lowest BCUT2D eigenvalue weighted by molar-refractivity contribution is -0.192. The number of halogens is 3. The molecule has 1 heterocycles. The summed E-state index contributed by atoms with van der Waals surface area (Å²) in [4.78, 5) is 8.90. The molecule has 0 bridgehead atoms. The molecule has 3 nitrogen and oxygen atoms in total. The zero-order valence-electron chi connectivity index (χ0n) is 7.08. The van der Waals surface area contributed by atoms with Gasteiger partial charge in [-0.15, -0.1) is 5.98 Å². The van der Waals surface area contributed by atoms with Gasteiger partial charge in [-0.1, -0.05) is 17.6 Å². The molecular weight excluding hydrogens is 198 g/mol. The minimum Gasteiger partial charge on any atom is -0.475 e. The summed E-state index contributed by atoms with van der Waals surface area (Å²) < 4.78 is 31.7. The van der Waals surface area contributed by atoms with Crippen molar-refractivity contribution in [1.29, 1.82) is 0 Å². The quantitative estimate of drug-likeness (QED) is 0.620. The minimum absolute atomic E-state index is 0.660. The fourth-order valence-corrected chi connectivity index (χ4v) is 0.550. The maximum atomic E-state index is 10.6. The summed E-state index contributed by atoms with van der Waals surface area (Å²) in [5.74, 6) is -0.769. The molecule has 1 radical (unpaired) electrons. The molecule has 1 aliphatic rings. The molecule has 0 aromatic heterocycles. The van der Waals surface area contributed by atoms with Gasteiger partial charge in [-0.3, -0.25) is 0 Å². The number of nitrogens with two attached hydrogens (primary N) is 1. The maximum absolute atomic E-state index is 10.6. The van der Waals surface area contributed by atoms with E-state index in [0.29, 0.717) is 6.54 Å². The Labute approximate surface area is 79.3 Å². The Bertz CT molecular complexity index is 260. The average Bonchev–Trinajstić information content (AvgIpc) is 2.54. The second-order valence-corrected chi connectivity index (χ2v) is 2.30. The van der Waals surface area contributed by atoms with Crippen LogP contribution in [0.4, 0.5) is 13.2 Å². The SMILES string of the molecule is NCC1=CC=C[B]1.O=C(O)C(F)(F)F. The van der Waals surface area contributed by atoms with Crippen LogP contribution in [0.5, 0.6) is 0 Å². The van der Waals surface area contributed by atoms with Gasteiger partial charge in [-0.05, 0) is 0 Å². The van der Waals surface area contributed by atoms with E-state index in [9.17, 15) is 13.2 Å². The molecule has 0 amide bonds. The fourth-order valence-electron chi connectivity index (χ4n) is 0.550. The molecule has 1 rings (SSSR count). The third-order valence-corrected chi connectivity index (χ3v) is 1.21. The third kappa shape index (κ3) is 5.42. The van der Waals surface area contributed by atoms with Crippen LogP contribution in [-0.4, -0.2) is 31.1 Å². The van der Waals surface area contributed by atoms with Crippen LogP contribution < -0.4 is 5.73 Å². The molecule has 1 aliphatic heterocycles. The highest BCUT2D eigenvalue weighted by molar-refractivity contribution is 6.52. The van der Waals surface area contributed by atoms with Crippen molar-refractivity contribution in [2.75, 3.05) is 6.54 Å². The molecule has 0 saturated carbocycles. The van der Waals surface area contributed by atoms with Gasteiger partial charge in [0.05, 0.1) is 0 Å². The predicted octanol–water partition coefficient (Wildman–Crippen LogP) is 0.694. The van der Waals surface area contributed by atoms with Crippen LogP contribution in [0, 0.1) is 0 Å². The van der Waals surface area contributed by atoms with E-state index in [1.807, 2.05) is 25.4 Å². The van der Waals surface area contributed by atoms with Crippen LogP contribution >= 0.6 is 0 Å². The van der Waals surface area contributed by atoms with Crippen molar-refractivity contribution < 1.29 is 23.1 Å². The van der Waals surface area contributed by atoms with E-state index in [2.05, 4.69) is 0 Å². The van der Waals surface area contributed by atoms with Crippen LogP contribution in [0.3, 0.4) is 0 Å². The molecule has 0 aliphatic carbocycles. The van der Waals surface area contributed by atoms with Crippen molar-refractivity contribution >= 4 is 13.2 Å².